The lowest BCUT2D eigenvalue weighted by atomic mass is 9.79. The van der Waals surface area contributed by atoms with E-state index in [-0.39, 0.29) is 11.9 Å². The molecule has 21 heavy (non-hydrogen) atoms. The molecule has 4 atom stereocenters. The van der Waals surface area contributed by atoms with Gasteiger partial charge in [-0.15, -0.1) is 11.3 Å². The summed E-state index contributed by atoms with van der Waals surface area (Å²) in [5.41, 5.74) is 0. The third kappa shape index (κ3) is 2.76. The Morgan fingerprint density at radius 2 is 2.33 bits per heavy atom. The largest absolute Gasteiger partial charge is 0.469 e. The number of esters is 1. The van der Waals surface area contributed by atoms with Gasteiger partial charge in [-0.25, -0.2) is 0 Å². The number of carbonyl (C=O) groups excluding carboxylic acids is 1. The summed E-state index contributed by atoms with van der Waals surface area (Å²) in [5.74, 6) is 0.359. The van der Waals surface area contributed by atoms with Gasteiger partial charge in [0.2, 0.25) is 0 Å². The SMILES string of the molecule is CCCCN1[C@@H]2CC[C@@H]1[C@@H](c1cccs1)[C@@H](C(=O)OC)C2. The molecule has 0 aromatic carbocycles. The topological polar surface area (TPSA) is 29.5 Å². The Bertz CT molecular complexity index is 473. The molecular weight excluding hydrogens is 282 g/mol. The smallest absolute Gasteiger partial charge is 0.309 e. The van der Waals surface area contributed by atoms with Gasteiger partial charge in [-0.3, -0.25) is 9.69 Å². The molecule has 0 aliphatic carbocycles. The zero-order valence-electron chi connectivity index (χ0n) is 13.0. The molecule has 3 nitrogen and oxygen atoms in total. The highest BCUT2D eigenvalue weighted by molar-refractivity contribution is 7.10. The molecule has 3 rings (SSSR count). The second-order valence-corrected chi connectivity index (χ2v) is 7.28. The van der Waals surface area contributed by atoms with Crippen molar-refractivity contribution in [3.05, 3.63) is 22.4 Å². The zero-order chi connectivity index (χ0) is 14.8. The van der Waals surface area contributed by atoms with Crippen molar-refractivity contribution in [2.75, 3.05) is 13.7 Å². The number of hydrogen-bond donors (Lipinski definition) is 0. The van der Waals surface area contributed by atoms with Gasteiger partial charge in [0.05, 0.1) is 13.0 Å². The molecule has 2 aliphatic heterocycles. The quantitative estimate of drug-likeness (QED) is 0.778. The minimum atomic E-state index is -0.0135. The number of unbranched alkanes of at least 4 members (excludes halogenated alkanes) is 1. The molecule has 2 aliphatic rings. The number of piperidine rings is 1. The lowest BCUT2D eigenvalue weighted by Gasteiger charge is -2.43. The summed E-state index contributed by atoms with van der Waals surface area (Å²) < 4.78 is 5.11. The first-order chi connectivity index (χ1) is 10.3. The van der Waals surface area contributed by atoms with E-state index in [4.69, 9.17) is 4.74 Å². The summed E-state index contributed by atoms with van der Waals surface area (Å²) >= 11 is 1.79. The fourth-order valence-corrected chi connectivity index (χ4v) is 5.21. The van der Waals surface area contributed by atoms with Crippen molar-refractivity contribution in [2.24, 2.45) is 5.92 Å². The monoisotopic (exact) mass is 307 g/mol. The van der Waals surface area contributed by atoms with Gasteiger partial charge in [-0.05, 0) is 43.7 Å². The Labute approximate surface area is 131 Å². The maximum atomic E-state index is 12.3. The van der Waals surface area contributed by atoms with E-state index in [1.165, 1.54) is 44.2 Å². The second kappa shape index (κ2) is 6.49. The molecule has 0 saturated carbocycles. The average Bonchev–Trinajstić information content (AvgIpc) is 3.12. The van der Waals surface area contributed by atoms with Gasteiger partial charge in [0.15, 0.2) is 0 Å². The maximum Gasteiger partial charge on any atom is 0.309 e. The van der Waals surface area contributed by atoms with Crippen molar-refractivity contribution in [1.29, 1.82) is 0 Å². The fourth-order valence-electron chi connectivity index (χ4n) is 4.26. The van der Waals surface area contributed by atoms with Crippen LogP contribution in [0.5, 0.6) is 0 Å². The van der Waals surface area contributed by atoms with Gasteiger partial charge in [0, 0.05) is 22.9 Å². The van der Waals surface area contributed by atoms with E-state index in [9.17, 15) is 4.79 Å². The molecule has 0 N–H and O–H groups in total. The van der Waals surface area contributed by atoms with E-state index in [2.05, 4.69) is 29.3 Å². The zero-order valence-corrected chi connectivity index (χ0v) is 13.8. The van der Waals surface area contributed by atoms with Crippen LogP contribution in [0.2, 0.25) is 0 Å². The van der Waals surface area contributed by atoms with Gasteiger partial charge >= 0.3 is 5.97 Å². The molecule has 0 amide bonds. The molecular formula is C17H25NO2S. The molecule has 4 heteroatoms. The lowest BCUT2D eigenvalue weighted by Crippen LogP contribution is -2.49. The first-order valence-corrected chi connectivity index (χ1v) is 9.01. The first-order valence-electron chi connectivity index (χ1n) is 8.13. The summed E-state index contributed by atoms with van der Waals surface area (Å²) in [6.07, 6.45) is 5.93. The Morgan fingerprint density at radius 1 is 1.48 bits per heavy atom. The van der Waals surface area contributed by atoms with Gasteiger partial charge in [0.25, 0.3) is 0 Å². The highest BCUT2D eigenvalue weighted by Gasteiger charge is 2.50. The molecule has 2 bridgehead atoms. The number of thiophene rings is 1. The van der Waals surface area contributed by atoms with Crippen LogP contribution >= 0.6 is 11.3 Å². The van der Waals surface area contributed by atoms with E-state index in [0.29, 0.717) is 18.0 Å². The van der Waals surface area contributed by atoms with E-state index < -0.39 is 0 Å². The van der Waals surface area contributed by atoms with Crippen molar-refractivity contribution < 1.29 is 9.53 Å². The standard InChI is InChI=1S/C17H25NO2S/c1-3-4-9-18-12-7-8-14(18)16(15-6-5-10-21-15)13(11-12)17(19)20-2/h5-6,10,12-14,16H,3-4,7-9,11H2,1-2H3/t12-,13+,14-,16+/m1/s1. The van der Waals surface area contributed by atoms with Crippen LogP contribution in [0.15, 0.2) is 17.5 Å². The van der Waals surface area contributed by atoms with Crippen LogP contribution in [0.25, 0.3) is 0 Å². The van der Waals surface area contributed by atoms with Gasteiger partial charge in [-0.2, -0.15) is 0 Å². The molecule has 3 heterocycles. The molecule has 116 valence electrons. The summed E-state index contributed by atoms with van der Waals surface area (Å²) in [4.78, 5) is 16.3. The van der Waals surface area contributed by atoms with Crippen LogP contribution < -0.4 is 0 Å². The predicted molar refractivity (Wildman–Crippen MR) is 85.6 cm³/mol. The number of carbonyl (C=O) groups is 1. The fraction of sp³-hybridized carbons (Fsp3) is 0.706. The molecule has 0 unspecified atom stereocenters. The van der Waals surface area contributed by atoms with Crippen LogP contribution in [0.3, 0.4) is 0 Å². The highest BCUT2D eigenvalue weighted by atomic mass is 32.1. The van der Waals surface area contributed by atoms with Gasteiger partial charge < -0.3 is 4.74 Å². The van der Waals surface area contributed by atoms with E-state index >= 15 is 0 Å². The Morgan fingerprint density at radius 3 is 3.00 bits per heavy atom. The Kier molecular flexibility index (Phi) is 4.65. The van der Waals surface area contributed by atoms with Crippen molar-refractivity contribution >= 4 is 17.3 Å². The number of nitrogens with zero attached hydrogens (tertiary/aromatic N) is 1. The Hall–Kier alpha value is -0.870. The van der Waals surface area contributed by atoms with E-state index in [0.717, 1.165) is 6.42 Å². The summed E-state index contributed by atoms with van der Waals surface area (Å²) in [7, 11) is 1.53. The van der Waals surface area contributed by atoms with Crippen LogP contribution in [0, 0.1) is 5.92 Å². The number of ether oxygens (including phenoxy) is 1. The second-order valence-electron chi connectivity index (χ2n) is 6.30. The van der Waals surface area contributed by atoms with Crippen LogP contribution in [0.1, 0.15) is 49.8 Å². The lowest BCUT2D eigenvalue weighted by molar-refractivity contribution is -0.149. The number of rotatable bonds is 5. The minimum Gasteiger partial charge on any atom is -0.469 e. The van der Waals surface area contributed by atoms with Crippen molar-refractivity contribution in [3.8, 4) is 0 Å². The predicted octanol–water partition coefficient (Wildman–Crippen LogP) is 3.66. The third-order valence-electron chi connectivity index (χ3n) is 5.21. The summed E-state index contributed by atoms with van der Waals surface area (Å²) in [5, 5.41) is 2.13. The van der Waals surface area contributed by atoms with Crippen molar-refractivity contribution in [3.63, 3.8) is 0 Å². The molecule has 0 radical (unpaired) electrons. The number of fused-ring (bicyclic) bond motifs is 2. The van der Waals surface area contributed by atoms with E-state index in [1.54, 1.807) is 11.3 Å². The number of hydrogen-bond acceptors (Lipinski definition) is 4. The minimum absolute atomic E-state index is 0.0135. The summed E-state index contributed by atoms with van der Waals surface area (Å²) in [6.45, 7) is 3.43. The van der Waals surface area contributed by atoms with Crippen LogP contribution in [-0.2, 0) is 9.53 Å². The van der Waals surface area contributed by atoms with Crippen molar-refractivity contribution in [1.82, 2.24) is 4.90 Å². The molecule has 2 fully saturated rings. The van der Waals surface area contributed by atoms with Gasteiger partial charge in [0.1, 0.15) is 0 Å². The normalized spacial score (nSPS) is 32.3. The highest BCUT2D eigenvalue weighted by Crippen LogP contribution is 2.48. The molecule has 1 aromatic heterocycles. The molecule has 2 saturated heterocycles. The van der Waals surface area contributed by atoms with Gasteiger partial charge in [-0.1, -0.05) is 19.4 Å². The Balaban J connectivity index is 1.88. The third-order valence-corrected chi connectivity index (χ3v) is 6.18. The maximum absolute atomic E-state index is 12.3. The van der Waals surface area contributed by atoms with E-state index in [1.807, 2.05) is 0 Å². The van der Waals surface area contributed by atoms with Crippen LogP contribution in [0.4, 0.5) is 0 Å². The number of methoxy groups -OCH3 is 1. The van der Waals surface area contributed by atoms with Crippen LogP contribution in [-0.4, -0.2) is 36.6 Å². The average molecular weight is 307 g/mol. The molecule has 1 aromatic rings. The summed E-state index contributed by atoms with van der Waals surface area (Å²) in [6, 6.07) is 5.41. The molecule has 0 spiro atoms. The van der Waals surface area contributed by atoms with Crippen molar-refractivity contribution in [2.45, 2.75) is 57.0 Å². The first kappa shape index (κ1) is 15.0.